The molecule has 0 rings (SSSR count). The second-order valence-corrected chi connectivity index (χ2v) is 33.0. The number of hydrogen-bond acceptors (Lipinski definition) is 15. The van der Waals surface area contributed by atoms with Crippen LogP contribution in [0.4, 0.5) is 0 Å². The van der Waals surface area contributed by atoms with Crippen LogP contribution in [-0.2, 0) is 65.4 Å². The van der Waals surface area contributed by atoms with Gasteiger partial charge in [-0.25, -0.2) is 9.13 Å². The molecule has 0 heterocycles. The van der Waals surface area contributed by atoms with Crippen LogP contribution in [0.2, 0.25) is 0 Å². The predicted molar refractivity (Wildman–Crippen MR) is 409 cm³/mol. The lowest BCUT2D eigenvalue weighted by Crippen LogP contribution is -2.30. The van der Waals surface area contributed by atoms with Crippen molar-refractivity contribution in [2.45, 2.75) is 445 Å². The summed E-state index contributed by atoms with van der Waals surface area (Å²) < 4.78 is 68.8. The van der Waals surface area contributed by atoms with E-state index in [-0.39, 0.29) is 25.7 Å². The smallest absolute Gasteiger partial charge is 0.462 e. The van der Waals surface area contributed by atoms with Crippen molar-refractivity contribution in [2.24, 2.45) is 11.8 Å². The van der Waals surface area contributed by atoms with Crippen molar-refractivity contribution < 1.29 is 80.2 Å². The minimum absolute atomic E-state index is 0.107. The highest BCUT2D eigenvalue weighted by atomic mass is 31.2. The van der Waals surface area contributed by atoms with Crippen molar-refractivity contribution in [1.29, 1.82) is 0 Å². The van der Waals surface area contributed by atoms with Crippen molar-refractivity contribution in [3.63, 3.8) is 0 Å². The number of aliphatic hydroxyl groups is 1. The maximum atomic E-state index is 13.1. The van der Waals surface area contributed by atoms with Gasteiger partial charge < -0.3 is 33.8 Å². The second kappa shape index (κ2) is 72.6. The van der Waals surface area contributed by atoms with Gasteiger partial charge in [-0.15, -0.1) is 0 Å². The number of esters is 4. The van der Waals surface area contributed by atoms with E-state index < -0.39 is 97.5 Å². The maximum Gasteiger partial charge on any atom is 0.472 e. The number of phosphoric acid groups is 2. The third-order valence-corrected chi connectivity index (χ3v) is 20.9. The van der Waals surface area contributed by atoms with Crippen LogP contribution in [0.3, 0.4) is 0 Å². The van der Waals surface area contributed by atoms with E-state index in [2.05, 4.69) is 41.5 Å². The molecule has 0 fully saturated rings. The van der Waals surface area contributed by atoms with Crippen molar-refractivity contribution in [3.8, 4) is 0 Å². The third-order valence-electron chi connectivity index (χ3n) is 19.0. The number of unbranched alkanes of at least 4 members (excludes halogenated alkanes) is 50. The molecule has 0 aliphatic rings. The van der Waals surface area contributed by atoms with Crippen LogP contribution >= 0.6 is 15.6 Å². The Morgan fingerprint density at radius 1 is 0.270 bits per heavy atom. The van der Waals surface area contributed by atoms with E-state index in [1.165, 1.54) is 244 Å². The molecule has 5 atom stereocenters. The van der Waals surface area contributed by atoms with Crippen LogP contribution in [0, 0.1) is 11.8 Å². The van der Waals surface area contributed by atoms with Crippen molar-refractivity contribution in [1.82, 2.24) is 0 Å². The molecule has 3 N–H and O–H groups in total. The van der Waals surface area contributed by atoms with Gasteiger partial charge in [-0.05, 0) is 37.5 Å². The second-order valence-electron chi connectivity index (χ2n) is 30.1. The molecular formula is C81H158O17P2. The molecule has 17 nitrogen and oxygen atoms in total. The summed E-state index contributed by atoms with van der Waals surface area (Å²) in [7, 11) is -9.92. The van der Waals surface area contributed by atoms with Gasteiger partial charge in [0.15, 0.2) is 12.2 Å². The summed E-state index contributed by atoms with van der Waals surface area (Å²) >= 11 is 0. The molecule has 100 heavy (non-hydrogen) atoms. The monoisotopic (exact) mass is 1470 g/mol. The number of carbonyl (C=O) groups excluding carboxylic acids is 4. The summed E-state index contributed by atoms with van der Waals surface area (Å²) in [5.74, 6) is -0.542. The van der Waals surface area contributed by atoms with Gasteiger partial charge in [0, 0.05) is 25.7 Å². The molecule has 0 spiro atoms. The first-order valence-corrected chi connectivity index (χ1v) is 45.0. The SMILES string of the molecule is CCCCCCCCCCCCCCCCCCC(=O)OC[C@H](COP(=O)(O)OC[C@@H](O)COP(=O)(O)OC[C@@H](COC(=O)CCCCCCCCCCCCCCC)OC(=O)CCCCCCCCCCCCCCC(C)C)OC(=O)CCCCCCCCCCCCCCCC(C)C. The Kier molecular flexibility index (Phi) is 71.2. The molecular weight excluding hydrogens is 1310 g/mol. The lowest BCUT2D eigenvalue weighted by atomic mass is 10.0. The van der Waals surface area contributed by atoms with Gasteiger partial charge in [-0.3, -0.25) is 37.3 Å². The third kappa shape index (κ3) is 74.3. The Morgan fingerprint density at radius 2 is 0.460 bits per heavy atom. The first-order valence-electron chi connectivity index (χ1n) is 42.0. The highest BCUT2D eigenvalue weighted by molar-refractivity contribution is 7.47. The standard InChI is InChI=1S/C81H158O17P2/c1-7-9-11-13-15-17-19-21-22-23-27-34-40-46-52-58-64-79(84)92-70-76(97-80(85)65-59-53-47-41-35-28-24-26-31-37-43-49-55-61-73(3)4)71-95-99(87,88)93-67-75(82)68-94-100(89,90)96-72-77(69-91-78(83)63-57-51-45-39-33-25-20-18-16-14-12-10-8-2)98-81(86)66-60-54-48-42-36-30-29-32-38-44-50-56-62-74(5)6/h73-77,82H,7-72H2,1-6H3,(H,87,88)(H,89,90)/t75-,76-,77-/m1/s1. The van der Waals surface area contributed by atoms with Crippen LogP contribution in [-0.4, -0.2) is 96.7 Å². The van der Waals surface area contributed by atoms with E-state index in [0.29, 0.717) is 25.7 Å². The van der Waals surface area contributed by atoms with Gasteiger partial charge in [0.2, 0.25) is 0 Å². The Labute approximate surface area is 613 Å². The Morgan fingerprint density at radius 3 is 0.680 bits per heavy atom. The normalized spacial score (nSPS) is 13.9. The van der Waals surface area contributed by atoms with Crippen molar-refractivity contribution in [3.05, 3.63) is 0 Å². The minimum atomic E-state index is -4.96. The molecule has 0 saturated heterocycles. The summed E-state index contributed by atoms with van der Waals surface area (Å²) in [5, 5.41) is 10.7. The summed E-state index contributed by atoms with van der Waals surface area (Å²) in [4.78, 5) is 73.1. The fourth-order valence-corrected chi connectivity index (χ4v) is 14.1. The zero-order valence-electron chi connectivity index (χ0n) is 65.5. The largest absolute Gasteiger partial charge is 0.472 e. The van der Waals surface area contributed by atoms with Gasteiger partial charge in [0.1, 0.15) is 19.3 Å². The fraction of sp³-hybridized carbons (Fsp3) is 0.951. The number of ether oxygens (including phenoxy) is 4. The summed E-state index contributed by atoms with van der Waals surface area (Å²) in [6.07, 6.45) is 62.2. The van der Waals surface area contributed by atoms with E-state index in [9.17, 15) is 43.2 Å². The quantitative estimate of drug-likeness (QED) is 0.0222. The Hall–Kier alpha value is -1.94. The van der Waals surface area contributed by atoms with Gasteiger partial charge >= 0.3 is 39.5 Å². The lowest BCUT2D eigenvalue weighted by molar-refractivity contribution is -0.161. The van der Waals surface area contributed by atoms with Gasteiger partial charge in [-0.2, -0.15) is 0 Å². The molecule has 2 unspecified atom stereocenters. The van der Waals surface area contributed by atoms with E-state index >= 15 is 0 Å². The average Bonchev–Trinajstić information content (AvgIpc) is 0.965. The summed E-state index contributed by atoms with van der Waals surface area (Å²) in [5.41, 5.74) is 0. The molecule has 0 bridgehead atoms. The molecule has 0 amide bonds. The van der Waals surface area contributed by atoms with Gasteiger partial charge in [0.05, 0.1) is 26.4 Å². The maximum absolute atomic E-state index is 13.1. The van der Waals surface area contributed by atoms with Crippen molar-refractivity contribution in [2.75, 3.05) is 39.6 Å². The van der Waals surface area contributed by atoms with Crippen molar-refractivity contribution >= 4 is 39.5 Å². The minimum Gasteiger partial charge on any atom is -0.462 e. The highest BCUT2D eigenvalue weighted by Crippen LogP contribution is 2.45. The van der Waals surface area contributed by atoms with Gasteiger partial charge in [-0.1, -0.05) is 375 Å². The average molecular weight is 1470 g/mol. The number of rotatable bonds is 80. The molecule has 0 aromatic heterocycles. The van der Waals surface area contributed by atoms with Gasteiger partial charge in [0.25, 0.3) is 0 Å². The molecule has 0 radical (unpaired) electrons. The topological polar surface area (TPSA) is 237 Å². The molecule has 0 saturated carbocycles. The zero-order valence-corrected chi connectivity index (χ0v) is 67.3. The highest BCUT2D eigenvalue weighted by Gasteiger charge is 2.30. The van der Waals surface area contributed by atoms with Crippen LogP contribution in [0.15, 0.2) is 0 Å². The molecule has 0 aromatic carbocycles. The van der Waals surface area contributed by atoms with Crippen LogP contribution < -0.4 is 0 Å². The number of aliphatic hydroxyl groups excluding tert-OH is 1. The fourth-order valence-electron chi connectivity index (χ4n) is 12.5. The number of hydrogen-bond donors (Lipinski definition) is 3. The number of phosphoric ester groups is 2. The zero-order chi connectivity index (χ0) is 73.5. The summed E-state index contributed by atoms with van der Waals surface area (Å²) in [6, 6.07) is 0. The first-order chi connectivity index (χ1) is 48.4. The molecule has 19 heteroatoms. The first kappa shape index (κ1) is 98.1. The van der Waals surface area contributed by atoms with E-state index in [1.807, 2.05) is 0 Å². The molecule has 594 valence electrons. The number of carbonyl (C=O) groups is 4. The van der Waals surface area contributed by atoms with Crippen LogP contribution in [0.5, 0.6) is 0 Å². The molecule has 0 aliphatic carbocycles. The molecule has 0 aliphatic heterocycles. The molecule has 0 aromatic rings. The Bertz CT molecular complexity index is 1920. The van der Waals surface area contributed by atoms with Crippen LogP contribution in [0.25, 0.3) is 0 Å². The summed E-state index contributed by atoms with van der Waals surface area (Å²) in [6.45, 7) is 9.67. The Balaban J connectivity index is 5.27. The van der Waals surface area contributed by atoms with E-state index in [1.54, 1.807) is 0 Å². The lowest BCUT2D eigenvalue weighted by Gasteiger charge is -2.21. The predicted octanol–water partition coefficient (Wildman–Crippen LogP) is 24.3. The van der Waals surface area contributed by atoms with Crippen LogP contribution in [0.1, 0.15) is 427 Å². The van der Waals surface area contributed by atoms with E-state index in [0.717, 1.165) is 102 Å². The van der Waals surface area contributed by atoms with E-state index in [4.69, 9.17) is 37.0 Å².